The second-order valence-corrected chi connectivity index (χ2v) is 5.37. The van der Waals surface area contributed by atoms with Crippen LogP contribution in [-0.2, 0) is 4.74 Å². The first kappa shape index (κ1) is 17.9. The van der Waals surface area contributed by atoms with Crippen LogP contribution in [0.3, 0.4) is 0 Å². The fourth-order valence-corrected chi connectivity index (χ4v) is 2.14. The zero-order valence-electron chi connectivity index (χ0n) is 13.1. The summed E-state index contributed by atoms with van der Waals surface area (Å²) in [6, 6.07) is 0.657. The van der Waals surface area contributed by atoms with Gasteiger partial charge in [0, 0.05) is 19.2 Å². The molecule has 0 aromatic rings. The fourth-order valence-electron chi connectivity index (χ4n) is 2.14. The van der Waals surface area contributed by atoms with Gasteiger partial charge in [0.2, 0.25) is 0 Å². The Morgan fingerprint density at radius 3 is 2.11 bits per heavy atom. The molecular formula is C16H35NO. The summed E-state index contributed by atoms with van der Waals surface area (Å²) in [6.45, 7) is 10.8. The topological polar surface area (TPSA) is 21.3 Å². The van der Waals surface area contributed by atoms with E-state index in [4.69, 9.17) is 4.74 Å². The van der Waals surface area contributed by atoms with Crippen LogP contribution in [0.1, 0.15) is 79.1 Å². The molecule has 110 valence electrons. The predicted octanol–water partition coefficient (Wildman–Crippen LogP) is 4.53. The molecule has 18 heavy (non-hydrogen) atoms. The third-order valence-corrected chi connectivity index (χ3v) is 3.58. The van der Waals surface area contributed by atoms with Gasteiger partial charge in [-0.2, -0.15) is 0 Å². The third kappa shape index (κ3) is 11.0. The van der Waals surface area contributed by atoms with Gasteiger partial charge in [0.15, 0.2) is 0 Å². The van der Waals surface area contributed by atoms with Crippen LogP contribution in [0.2, 0.25) is 0 Å². The van der Waals surface area contributed by atoms with E-state index < -0.39 is 0 Å². The Kier molecular flexibility index (Phi) is 13.3. The molecule has 1 unspecified atom stereocenters. The minimum Gasteiger partial charge on any atom is -0.377 e. The van der Waals surface area contributed by atoms with Gasteiger partial charge in [0.1, 0.15) is 0 Å². The molecule has 2 nitrogen and oxygen atoms in total. The summed E-state index contributed by atoms with van der Waals surface area (Å²) in [5, 5.41) is 3.56. The van der Waals surface area contributed by atoms with Crippen LogP contribution in [0.4, 0.5) is 0 Å². The molecule has 2 heteroatoms. The molecule has 1 atom stereocenters. The molecule has 0 spiro atoms. The maximum Gasteiger partial charge on any atom is 0.0671 e. The lowest BCUT2D eigenvalue weighted by molar-refractivity contribution is 0.0608. The maximum atomic E-state index is 5.83. The van der Waals surface area contributed by atoms with Crippen LogP contribution in [0, 0.1) is 0 Å². The summed E-state index contributed by atoms with van der Waals surface area (Å²) in [5.41, 5.74) is 0. The van der Waals surface area contributed by atoms with Crippen LogP contribution < -0.4 is 5.32 Å². The Bertz CT molecular complexity index is 157. The Morgan fingerprint density at radius 1 is 0.889 bits per heavy atom. The van der Waals surface area contributed by atoms with Crippen LogP contribution in [0.25, 0.3) is 0 Å². The number of unbranched alkanes of at least 4 members (excludes halogenated alkanes) is 5. The average Bonchev–Trinajstić information content (AvgIpc) is 2.39. The van der Waals surface area contributed by atoms with E-state index in [1.165, 1.54) is 51.4 Å². The summed E-state index contributed by atoms with van der Waals surface area (Å²) in [4.78, 5) is 0. The van der Waals surface area contributed by atoms with Crippen molar-refractivity contribution in [1.82, 2.24) is 5.32 Å². The highest BCUT2D eigenvalue weighted by Crippen LogP contribution is 2.05. The van der Waals surface area contributed by atoms with E-state index in [9.17, 15) is 0 Å². The quantitative estimate of drug-likeness (QED) is 0.489. The van der Waals surface area contributed by atoms with Gasteiger partial charge in [0.25, 0.3) is 0 Å². The van der Waals surface area contributed by atoms with Crippen molar-refractivity contribution in [2.45, 2.75) is 91.2 Å². The minimum atomic E-state index is 0.348. The summed E-state index contributed by atoms with van der Waals surface area (Å²) < 4.78 is 5.83. The van der Waals surface area contributed by atoms with Crippen molar-refractivity contribution < 1.29 is 4.74 Å². The van der Waals surface area contributed by atoms with Crippen LogP contribution >= 0.6 is 0 Å². The lowest BCUT2D eigenvalue weighted by Gasteiger charge is -2.19. The first-order valence-corrected chi connectivity index (χ1v) is 8.09. The highest BCUT2D eigenvalue weighted by molar-refractivity contribution is 4.65. The molecule has 0 saturated carbocycles. The van der Waals surface area contributed by atoms with E-state index in [0.717, 1.165) is 13.2 Å². The van der Waals surface area contributed by atoms with Crippen molar-refractivity contribution in [2.24, 2.45) is 0 Å². The van der Waals surface area contributed by atoms with Crippen molar-refractivity contribution in [3.05, 3.63) is 0 Å². The lowest BCUT2D eigenvalue weighted by atomic mass is 10.1. The first-order valence-electron chi connectivity index (χ1n) is 8.09. The fraction of sp³-hybridized carbons (Fsp3) is 1.00. The SMILES string of the molecule is CCCCCCCCOC(C)CNC(CC)CC. The molecule has 0 aromatic heterocycles. The molecule has 0 fully saturated rings. The van der Waals surface area contributed by atoms with E-state index in [1.54, 1.807) is 0 Å². The number of hydrogen-bond donors (Lipinski definition) is 1. The van der Waals surface area contributed by atoms with Crippen molar-refractivity contribution in [2.75, 3.05) is 13.2 Å². The molecule has 0 radical (unpaired) electrons. The van der Waals surface area contributed by atoms with Crippen LogP contribution in [0.5, 0.6) is 0 Å². The maximum absolute atomic E-state index is 5.83. The number of nitrogens with one attached hydrogen (secondary N) is 1. The van der Waals surface area contributed by atoms with Crippen molar-refractivity contribution in [3.63, 3.8) is 0 Å². The van der Waals surface area contributed by atoms with Gasteiger partial charge in [-0.15, -0.1) is 0 Å². The van der Waals surface area contributed by atoms with Gasteiger partial charge in [-0.25, -0.2) is 0 Å². The van der Waals surface area contributed by atoms with Gasteiger partial charge in [-0.05, 0) is 26.2 Å². The zero-order valence-corrected chi connectivity index (χ0v) is 13.1. The van der Waals surface area contributed by atoms with Crippen molar-refractivity contribution in [3.8, 4) is 0 Å². The van der Waals surface area contributed by atoms with E-state index in [1.807, 2.05) is 0 Å². The summed E-state index contributed by atoms with van der Waals surface area (Å²) in [7, 11) is 0. The highest BCUT2D eigenvalue weighted by atomic mass is 16.5. The molecule has 0 bridgehead atoms. The molecule has 0 amide bonds. The standard InChI is InChI=1S/C16H35NO/c1-5-8-9-10-11-12-13-18-15(4)14-17-16(6-2)7-3/h15-17H,5-14H2,1-4H3. The van der Waals surface area contributed by atoms with Gasteiger partial charge >= 0.3 is 0 Å². The molecular weight excluding hydrogens is 222 g/mol. The smallest absolute Gasteiger partial charge is 0.0671 e. The Hall–Kier alpha value is -0.0800. The van der Waals surface area contributed by atoms with Crippen LogP contribution in [0.15, 0.2) is 0 Å². The lowest BCUT2D eigenvalue weighted by Crippen LogP contribution is -2.34. The summed E-state index contributed by atoms with van der Waals surface area (Å²) in [5.74, 6) is 0. The van der Waals surface area contributed by atoms with E-state index in [-0.39, 0.29) is 0 Å². The largest absolute Gasteiger partial charge is 0.377 e. The minimum absolute atomic E-state index is 0.348. The van der Waals surface area contributed by atoms with Crippen molar-refractivity contribution >= 4 is 0 Å². The molecule has 0 aliphatic carbocycles. The third-order valence-electron chi connectivity index (χ3n) is 3.58. The van der Waals surface area contributed by atoms with E-state index in [0.29, 0.717) is 12.1 Å². The van der Waals surface area contributed by atoms with Gasteiger partial charge < -0.3 is 10.1 Å². The predicted molar refractivity (Wildman–Crippen MR) is 81.2 cm³/mol. The normalized spacial score (nSPS) is 13.2. The van der Waals surface area contributed by atoms with Gasteiger partial charge in [-0.3, -0.25) is 0 Å². The average molecular weight is 257 g/mol. The highest BCUT2D eigenvalue weighted by Gasteiger charge is 2.06. The van der Waals surface area contributed by atoms with E-state index >= 15 is 0 Å². The van der Waals surface area contributed by atoms with Crippen molar-refractivity contribution in [1.29, 1.82) is 0 Å². The molecule has 0 aromatic carbocycles. The Balaban J connectivity index is 3.28. The second kappa shape index (κ2) is 13.4. The van der Waals surface area contributed by atoms with Gasteiger partial charge in [-0.1, -0.05) is 52.9 Å². The number of rotatable bonds is 13. The van der Waals surface area contributed by atoms with Crippen LogP contribution in [-0.4, -0.2) is 25.3 Å². The second-order valence-electron chi connectivity index (χ2n) is 5.37. The Morgan fingerprint density at radius 2 is 1.50 bits per heavy atom. The molecule has 1 N–H and O–H groups in total. The summed E-state index contributed by atoms with van der Waals surface area (Å²) in [6.07, 6.45) is 10.8. The zero-order chi connectivity index (χ0) is 13.6. The molecule has 0 aliphatic rings. The monoisotopic (exact) mass is 257 g/mol. The molecule has 0 heterocycles. The van der Waals surface area contributed by atoms with E-state index in [2.05, 4.69) is 33.0 Å². The first-order chi connectivity index (χ1) is 8.74. The molecule has 0 aliphatic heterocycles. The molecule has 0 rings (SSSR count). The molecule has 0 saturated heterocycles. The van der Waals surface area contributed by atoms with Gasteiger partial charge in [0.05, 0.1) is 6.10 Å². The summed E-state index contributed by atoms with van der Waals surface area (Å²) >= 11 is 0. The Labute approximate surface area is 115 Å². The number of hydrogen-bond acceptors (Lipinski definition) is 2. The number of ether oxygens (including phenoxy) is 1.